The second kappa shape index (κ2) is 7.24. The van der Waals surface area contributed by atoms with E-state index in [0.29, 0.717) is 6.04 Å². The van der Waals surface area contributed by atoms with Crippen LogP contribution in [0.4, 0.5) is 0 Å². The summed E-state index contributed by atoms with van der Waals surface area (Å²) < 4.78 is 0. The molecule has 0 amide bonds. The standard InChI is InChI=1S/C17H27NS2/c1-11-6-7-15(8-12(11)2)9-16(18-5)17-10-19-13(3)14(4)20-17/h6-8,13-14,16-18H,9-10H2,1-5H3. The summed E-state index contributed by atoms with van der Waals surface area (Å²) in [6.45, 7) is 9.13. The van der Waals surface area contributed by atoms with E-state index in [0.717, 1.165) is 22.2 Å². The van der Waals surface area contributed by atoms with Gasteiger partial charge in [-0.25, -0.2) is 0 Å². The van der Waals surface area contributed by atoms with Gasteiger partial charge in [-0.05, 0) is 44.0 Å². The van der Waals surface area contributed by atoms with Crippen LogP contribution in [0.2, 0.25) is 0 Å². The molecule has 0 radical (unpaired) electrons. The highest BCUT2D eigenvalue weighted by atomic mass is 32.2. The Morgan fingerprint density at radius 2 is 1.95 bits per heavy atom. The molecule has 1 fully saturated rings. The molecular weight excluding hydrogens is 282 g/mol. The van der Waals surface area contributed by atoms with Gasteiger partial charge in [-0.2, -0.15) is 23.5 Å². The number of hydrogen-bond acceptors (Lipinski definition) is 3. The molecular formula is C17H27NS2. The topological polar surface area (TPSA) is 12.0 Å². The maximum atomic E-state index is 3.56. The smallest absolute Gasteiger partial charge is 0.0298 e. The Bertz CT molecular complexity index is 447. The lowest BCUT2D eigenvalue weighted by Gasteiger charge is -2.36. The van der Waals surface area contributed by atoms with Crippen LogP contribution >= 0.6 is 23.5 Å². The maximum absolute atomic E-state index is 3.56. The third-order valence-corrected chi connectivity index (χ3v) is 7.97. The molecule has 1 saturated heterocycles. The van der Waals surface area contributed by atoms with Gasteiger partial charge in [0.25, 0.3) is 0 Å². The molecule has 0 aliphatic carbocycles. The van der Waals surface area contributed by atoms with Gasteiger partial charge in [0.1, 0.15) is 0 Å². The highest BCUT2D eigenvalue weighted by Gasteiger charge is 2.30. The van der Waals surface area contributed by atoms with E-state index in [4.69, 9.17) is 0 Å². The number of hydrogen-bond donors (Lipinski definition) is 1. The Kier molecular flexibility index (Phi) is 5.88. The zero-order valence-electron chi connectivity index (χ0n) is 13.3. The van der Waals surface area contributed by atoms with Crippen molar-refractivity contribution in [2.75, 3.05) is 12.8 Å². The fourth-order valence-corrected chi connectivity index (χ4v) is 5.79. The van der Waals surface area contributed by atoms with Crippen LogP contribution in [0.5, 0.6) is 0 Å². The third-order valence-electron chi connectivity index (χ3n) is 4.42. The molecule has 1 aromatic carbocycles. The number of thioether (sulfide) groups is 2. The Morgan fingerprint density at radius 1 is 1.20 bits per heavy atom. The van der Waals surface area contributed by atoms with Crippen LogP contribution in [0.15, 0.2) is 18.2 Å². The van der Waals surface area contributed by atoms with Crippen LogP contribution < -0.4 is 5.32 Å². The lowest BCUT2D eigenvalue weighted by molar-refractivity contribution is 0.554. The summed E-state index contributed by atoms with van der Waals surface area (Å²) in [5.41, 5.74) is 4.26. The molecule has 3 heteroatoms. The van der Waals surface area contributed by atoms with Gasteiger partial charge in [0.15, 0.2) is 0 Å². The first-order chi connectivity index (χ1) is 9.51. The molecule has 20 heavy (non-hydrogen) atoms. The molecule has 1 heterocycles. The first kappa shape index (κ1) is 16.3. The summed E-state index contributed by atoms with van der Waals surface area (Å²) in [7, 11) is 2.11. The molecule has 0 spiro atoms. The van der Waals surface area contributed by atoms with E-state index in [1.165, 1.54) is 22.4 Å². The molecule has 112 valence electrons. The Labute approximate surface area is 132 Å². The quantitative estimate of drug-likeness (QED) is 0.901. The van der Waals surface area contributed by atoms with E-state index >= 15 is 0 Å². The average molecular weight is 310 g/mol. The predicted octanol–water partition coefficient (Wildman–Crippen LogP) is 4.06. The van der Waals surface area contributed by atoms with Crippen LogP contribution in [0.1, 0.15) is 30.5 Å². The van der Waals surface area contributed by atoms with Crippen molar-refractivity contribution in [2.24, 2.45) is 0 Å². The summed E-state index contributed by atoms with van der Waals surface area (Å²) in [6, 6.07) is 7.47. The van der Waals surface area contributed by atoms with Gasteiger partial charge >= 0.3 is 0 Å². The summed E-state index contributed by atoms with van der Waals surface area (Å²) in [6.07, 6.45) is 1.14. The Hall–Kier alpha value is -0.120. The van der Waals surface area contributed by atoms with Crippen molar-refractivity contribution < 1.29 is 0 Å². The summed E-state index contributed by atoms with van der Waals surface area (Å²) in [5, 5.41) is 5.82. The van der Waals surface area contributed by atoms with Crippen molar-refractivity contribution in [3.05, 3.63) is 34.9 Å². The second-order valence-corrected chi connectivity index (χ2v) is 8.97. The van der Waals surface area contributed by atoms with E-state index in [1.54, 1.807) is 0 Å². The first-order valence-electron chi connectivity index (χ1n) is 7.51. The second-order valence-electron chi connectivity index (χ2n) is 5.94. The molecule has 1 aromatic rings. The van der Waals surface area contributed by atoms with Gasteiger partial charge in [0, 0.05) is 27.5 Å². The number of rotatable bonds is 4. The Morgan fingerprint density at radius 3 is 2.55 bits per heavy atom. The summed E-state index contributed by atoms with van der Waals surface area (Å²) in [4.78, 5) is 0. The number of benzene rings is 1. The predicted molar refractivity (Wildman–Crippen MR) is 95.2 cm³/mol. The van der Waals surface area contributed by atoms with Crippen molar-refractivity contribution >= 4 is 23.5 Å². The van der Waals surface area contributed by atoms with Gasteiger partial charge in [-0.15, -0.1) is 0 Å². The van der Waals surface area contributed by atoms with Crippen LogP contribution in [-0.4, -0.2) is 34.6 Å². The minimum atomic E-state index is 0.574. The monoisotopic (exact) mass is 309 g/mol. The van der Waals surface area contributed by atoms with Gasteiger partial charge in [0.2, 0.25) is 0 Å². The molecule has 4 atom stereocenters. The Balaban J connectivity index is 2.03. The van der Waals surface area contributed by atoms with E-state index < -0.39 is 0 Å². The summed E-state index contributed by atoms with van der Waals surface area (Å²) >= 11 is 4.30. The lowest BCUT2D eigenvalue weighted by Crippen LogP contribution is -2.43. The van der Waals surface area contributed by atoms with E-state index in [9.17, 15) is 0 Å². The molecule has 0 aromatic heterocycles. The minimum absolute atomic E-state index is 0.574. The van der Waals surface area contributed by atoms with Crippen LogP contribution in [0, 0.1) is 13.8 Å². The zero-order chi connectivity index (χ0) is 14.7. The number of nitrogens with one attached hydrogen (secondary N) is 1. The average Bonchev–Trinajstić information content (AvgIpc) is 2.43. The van der Waals surface area contributed by atoms with Crippen LogP contribution in [-0.2, 0) is 6.42 Å². The molecule has 1 aliphatic heterocycles. The molecule has 1 N–H and O–H groups in total. The number of aryl methyl sites for hydroxylation is 2. The maximum Gasteiger partial charge on any atom is 0.0298 e. The zero-order valence-corrected chi connectivity index (χ0v) is 14.9. The fourth-order valence-electron chi connectivity index (χ4n) is 2.62. The van der Waals surface area contributed by atoms with Crippen molar-refractivity contribution in [1.82, 2.24) is 5.32 Å². The largest absolute Gasteiger partial charge is 0.316 e. The molecule has 1 nitrogen and oxygen atoms in total. The number of likely N-dealkylation sites (N-methyl/N-ethyl adjacent to an activating group) is 1. The highest BCUT2D eigenvalue weighted by molar-refractivity contribution is 8.07. The molecule has 2 rings (SSSR count). The third kappa shape index (κ3) is 3.96. The fraction of sp³-hybridized carbons (Fsp3) is 0.647. The van der Waals surface area contributed by atoms with Gasteiger partial charge in [-0.3, -0.25) is 0 Å². The van der Waals surface area contributed by atoms with Crippen molar-refractivity contribution in [1.29, 1.82) is 0 Å². The molecule has 0 saturated carbocycles. The molecule has 0 bridgehead atoms. The molecule has 4 unspecified atom stereocenters. The first-order valence-corrected chi connectivity index (χ1v) is 9.51. The summed E-state index contributed by atoms with van der Waals surface area (Å²) in [5.74, 6) is 1.27. The minimum Gasteiger partial charge on any atom is -0.316 e. The highest BCUT2D eigenvalue weighted by Crippen LogP contribution is 2.37. The van der Waals surface area contributed by atoms with E-state index in [2.05, 4.69) is 81.8 Å². The van der Waals surface area contributed by atoms with Crippen LogP contribution in [0.3, 0.4) is 0 Å². The van der Waals surface area contributed by atoms with Gasteiger partial charge in [0.05, 0.1) is 0 Å². The van der Waals surface area contributed by atoms with Gasteiger partial charge < -0.3 is 5.32 Å². The lowest BCUT2D eigenvalue weighted by atomic mass is 9.99. The van der Waals surface area contributed by atoms with E-state index in [-0.39, 0.29) is 0 Å². The van der Waals surface area contributed by atoms with Crippen LogP contribution in [0.25, 0.3) is 0 Å². The van der Waals surface area contributed by atoms with Crippen molar-refractivity contribution in [2.45, 2.75) is 55.9 Å². The SMILES string of the molecule is CNC(Cc1ccc(C)c(C)c1)C1CSC(C)C(C)S1. The van der Waals surface area contributed by atoms with Gasteiger partial charge in [-0.1, -0.05) is 32.0 Å². The molecule has 1 aliphatic rings. The van der Waals surface area contributed by atoms with Crippen molar-refractivity contribution in [3.63, 3.8) is 0 Å². The normalized spacial score (nSPS) is 28.4. The van der Waals surface area contributed by atoms with E-state index in [1.807, 2.05) is 0 Å². The van der Waals surface area contributed by atoms with Crippen molar-refractivity contribution in [3.8, 4) is 0 Å².